The van der Waals surface area contributed by atoms with Gasteiger partial charge < -0.3 is 15.8 Å². The van der Waals surface area contributed by atoms with Crippen molar-refractivity contribution in [3.8, 4) is 0 Å². The number of alkyl halides is 3. The Morgan fingerprint density at radius 1 is 1.33 bits per heavy atom. The van der Waals surface area contributed by atoms with Crippen LogP contribution in [0, 0.1) is 5.92 Å². The van der Waals surface area contributed by atoms with Gasteiger partial charge in [0, 0.05) is 0 Å². The number of amides is 1. The second kappa shape index (κ2) is 6.94. The molecule has 0 aliphatic heterocycles. The van der Waals surface area contributed by atoms with E-state index in [2.05, 4.69) is 0 Å². The molecule has 1 rings (SSSR count). The van der Waals surface area contributed by atoms with E-state index in [0.717, 1.165) is 25.7 Å². The maximum atomic E-state index is 11.9. The van der Waals surface area contributed by atoms with Gasteiger partial charge in [-0.3, -0.25) is 4.79 Å². The molecule has 0 aromatic carbocycles. The van der Waals surface area contributed by atoms with Crippen LogP contribution >= 0.6 is 0 Å². The van der Waals surface area contributed by atoms with Crippen LogP contribution in [-0.4, -0.2) is 37.9 Å². The van der Waals surface area contributed by atoms with Gasteiger partial charge in [0.1, 0.15) is 13.2 Å². The Balaban J connectivity index is 2.24. The summed E-state index contributed by atoms with van der Waals surface area (Å²) in [5.41, 5.74) is 5.59. The average Bonchev–Trinajstić information content (AvgIpc) is 2.33. The third-order valence-electron chi connectivity index (χ3n) is 3.06. The fourth-order valence-corrected chi connectivity index (χ4v) is 2.10. The van der Waals surface area contributed by atoms with Crippen LogP contribution < -0.4 is 11.1 Å². The molecule has 7 heteroatoms. The zero-order valence-corrected chi connectivity index (χ0v) is 10.1. The Morgan fingerprint density at radius 2 is 2.00 bits per heavy atom. The molecule has 106 valence electrons. The van der Waals surface area contributed by atoms with Gasteiger partial charge in [0.2, 0.25) is 5.91 Å². The normalized spacial score (nSPS) is 24.9. The van der Waals surface area contributed by atoms with E-state index < -0.39 is 18.6 Å². The molecule has 1 aliphatic carbocycles. The number of carbonyl (C=O) groups excluding carboxylic acids is 1. The minimum atomic E-state index is -4.39. The molecule has 1 fully saturated rings. The summed E-state index contributed by atoms with van der Waals surface area (Å²) in [5, 5.41) is 1.77. The monoisotopic (exact) mass is 268 g/mol. The predicted molar refractivity (Wildman–Crippen MR) is 59.8 cm³/mol. The van der Waals surface area contributed by atoms with Crippen LogP contribution in [0.2, 0.25) is 0 Å². The highest BCUT2D eigenvalue weighted by molar-refractivity contribution is 5.77. The highest BCUT2D eigenvalue weighted by Gasteiger charge is 2.28. The fraction of sp³-hybridized carbons (Fsp3) is 0.909. The van der Waals surface area contributed by atoms with Gasteiger partial charge in [-0.05, 0) is 25.3 Å². The molecule has 1 amide bonds. The Bertz CT molecular complexity index is 272. The van der Waals surface area contributed by atoms with E-state index in [1.54, 1.807) is 5.32 Å². The van der Waals surface area contributed by atoms with Crippen molar-refractivity contribution in [2.75, 3.05) is 19.7 Å². The highest BCUT2D eigenvalue weighted by atomic mass is 19.4. The van der Waals surface area contributed by atoms with E-state index >= 15 is 0 Å². The van der Waals surface area contributed by atoms with Crippen molar-refractivity contribution < 1.29 is 22.7 Å². The van der Waals surface area contributed by atoms with Gasteiger partial charge in [-0.1, -0.05) is 12.8 Å². The zero-order valence-electron chi connectivity index (χ0n) is 10.1. The summed E-state index contributed by atoms with van der Waals surface area (Å²) in [6.07, 6.45) is -0.645. The molecule has 1 saturated carbocycles. The summed E-state index contributed by atoms with van der Waals surface area (Å²) >= 11 is 0. The fourth-order valence-electron chi connectivity index (χ4n) is 2.10. The summed E-state index contributed by atoms with van der Waals surface area (Å²) in [6.45, 7) is -1.17. The van der Waals surface area contributed by atoms with Gasteiger partial charge in [-0.15, -0.1) is 0 Å². The van der Waals surface area contributed by atoms with Gasteiger partial charge >= 0.3 is 6.18 Å². The molecule has 0 bridgehead atoms. The average molecular weight is 268 g/mol. The number of nitrogens with two attached hydrogens (primary N) is 1. The Morgan fingerprint density at radius 3 is 2.61 bits per heavy atom. The van der Waals surface area contributed by atoms with Crippen molar-refractivity contribution in [1.29, 1.82) is 0 Å². The topological polar surface area (TPSA) is 64.3 Å². The lowest BCUT2D eigenvalue weighted by Gasteiger charge is -2.30. The number of carbonyl (C=O) groups is 1. The van der Waals surface area contributed by atoms with Crippen LogP contribution in [0.4, 0.5) is 13.2 Å². The molecule has 2 unspecified atom stereocenters. The largest absolute Gasteiger partial charge is 0.405 e. The first kappa shape index (κ1) is 15.2. The summed E-state index contributed by atoms with van der Waals surface area (Å²) in [5.74, 6) is -0.539. The molecule has 0 aromatic rings. The molecule has 18 heavy (non-hydrogen) atoms. The van der Waals surface area contributed by atoms with Crippen LogP contribution in [-0.2, 0) is 9.53 Å². The number of hydrogen-bond acceptors (Lipinski definition) is 3. The van der Waals surface area contributed by atoms with Gasteiger partial charge in [0.05, 0.1) is 6.10 Å². The van der Waals surface area contributed by atoms with Crippen LogP contribution in [0.3, 0.4) is 0 Å². The molecular weight excluding hydrogens is 249 g/mol. The van der Waals surface area contributed by atoms with E-state index in [0.29, 0.717) is 6.54 Å². The predicted octanol–water partition coefficient (Wildman–Crippen LogP) is 1.20. The lowest BCUT2D eigenvalue weighted by molar-refractivity contribution is -0.143. The lowest BCUT2D eigenvalue weighted by Crippen LogP contribution is -2.39. The molecule has 4 nitrogen and oxygen atoms in total. The second-order valence-corrected chi connectivity index (χ2v) is 4.52. The van der Waals surface area contributed by atoms with Gasteiger partial charge in [-0.2, -0.15) is 13.2 Å². The Labute approximate surface area is 104 Å². The minimum absolute atomic E-state index is 0.111. The Kier molecular flexibility index (Phi) is 5.87. The van der Waals surface area contributed by atoms with Crippen molar-refractivity contribution in [3.05, 3.63) is 0 Å². The number of rotatable bonds is 5. The van der Waals surface area contributed by atoms with E-state index in [-0.39, 0.29) is 18.6 Å². The van der Waals surface area contributed by atoms with E-state index in [4.69, 9.17) is 10.5 Å². The second-order valence-electron chi connectivity index (χ2n) is 4.52. The first-order valence-corrected chi connectivity index (χ1v) is 6.07. The smallest absolute Gasteiger partial charge is 0.368 e. The third kappa shape index (κ3) is 5.68. The molecular formula is C11H19F3N2O2. The molecule has 0 aromatic heterocycles. The SMILES string of the molecule is NCC1CCCCC1OCC(=O)NCC(F)(F)F. The minimum Gasteiger partial charge on any atom is -0.368 e. The molecule has 0 saturated heterocycles. The van der Waals surface area contributed by atoms with Crippen LogP contribution in [0.25, 0.3) is 0 Å². The van der Waals surface area contributed by atoms with Crippen molar-refractivity contribution in [2.24, 2.45) is 11.7 Å². The third-order valence-corrected chi connectivity index (χ3v) is 3.06. The zero-order chi connectivity index (χ0) is 13.6. The Hall–Kier alpha value is -0.820. The molecule has 1 aliphatic rings. The van der Waals surface area contributed by atoms with Crippen molar-refractivity contribution in [2.45, 2.75) is 38.0 Å². The first-order chi connectivity index (χ1) is 8.42. The van der Waals surface area contributed by atoms with Crippen LogP contribution in [0.15, 0.2) is 0 Å². The summed E-state index contributed by atoms with van der Waals surface area (Å²) in [7, 11) is 0. The van der Waals surface area contributed by atoms with Crippen LogP contribution in [0.1, 0.15) is 25.7 Å². The van der Waals surface area contributed by atoms with Crippen molar-refractivity contribution in [1.82, 2.24) is 5.32 Å². The van der Waals surface area contributed by atoms with E-state index in [9.17, 15) is 18.0 Å². The molecule has 0 spiro atoms. The first-order valence-electron chi connectivity index (χ1n) is 6.07. The van der Waals surface area contributed by atoms with Crippen molar-refractivity contribution in [3.63, 3.8) is 0 Å². The number of nitrogens with one attached hydrogen (secondary N) is 1. The highest BCUT2D eigenvalue weighted by Crippen LogP contribution is 2.25. The summed E-state index contributed by atoms with van der Waals surface area (Å²) < 4.78 is 40.9. The molecule has 2 atom stereocenters. The summed E-state index contributed by atoms with van der Waals surface area (Å²) in [4.78, 5) is 11.2. The van der Waals surface area contributed by atoms with Crippen molar-refractivity contribution >= 4 is 5.91 Å². The molecule has 0 heterocycles. The number of halogens is 3. The van der Waals surface area contributed by atoms with E-state index in [1.807, 2.05) is 0 Å². The van der Waals surface area contributed by atoms with Gasteiger partial charge in [0.15, 0.2) is 0 Å². The standard InChI is InChI=1S/C11H19F3N2O2/c12-11(13,14)7-16-10(17)6-18-9-4-2-1-3-8(9)5-15/h8-9H,1-7,15H2,(H,16,17). The number of hydrogen-bond donors (Lipinski definition) is 2. The lowest BCUT2D eigenvalue weighted by atomic mass is 9.86. The molecule has 3 N–H and O–H groups in total. The van der Waals surface area contributed by atoms with E-state index in [1.165, 1.54) is 0 Å². The van der Waals surface area contributed by atoms with Gasteiger partial charge in [-0.25, -0.2) is 0 Å². The maximum Gasteiger partial charge on any atom is 0.405 e. The molecule has 0 radical (unpaired) electrons. The van der Waals surface area contributed by atoms with Crippen LogP contribution in [0.5, 0.6) is 0 Å². The maximum absolute atomic E-state index is 11.9. The van der Waals surface area contributed by atoms with Gasteiger partial charge in [0.25, 0.3) is 0 Å². The quantitative estimate of drug-likeness (QED) is 0.787. The summed E-state index contributed by atoms with van der Waals surface area (Å²) in [6, 6.07) is 0. The number of ether oxygens (including phenoxy) is 1.